The standard InChI is InChI=1S/C24H24N4O2/c29-23(27-21-10-4-5-11-22(21)28-16-6-7-17-28)18-12-14-20(15-13-18)26-24(30)25-19-8-2-1-3-9-19/h1-5,8-15H,6-7,16-17H2,(H,27,29)(H2,25,26,30). The van der Waals surface area contributed by atoms with Crippen LogP contribution in [0.2, 0.25) is 0 Å². The molecule has 6 heteroatoms. The van der Waals surface area contributed by atoms with E-state index in [-0.39, 0.29) is 11.9 Å². The molecule has 3 aromatic rings. The van der Waals surface area contributed by atoms with Crippen LogP contribution in [0.4, 0.5) is 27.5 Å². The molecule has 3 N–H and O–H groups in total. The van der Waals surface area contributed by atoms with Gasteiger partial charge in [0.25, 0.3) is 5.91 Å². The molecule has 0 aliphatic carbocycles. The summed E-state index contributed by atoms with van der Waals surface area (Å²) >= 11 is 0. The highest BCUT2D eigenvalue weighted by molar-refractivity contribution is 6.06. The molecule has 3 amide bonds. The molecule has 6 nitrogen and oxygen atoms in total. The second-order valence-electron chi connectivity index (χ2n) is 7.19. The molecular weight excluding hydrogens is 376 g/mol. The Kier molecular flexibility index (Phi) is 5.94. The Morgan fingerprint density at radius 1 is 0.667 bits per heavy atom. The van der Waals surface area contributed by atoms with Gasteiger partial charge in [0.15, 0.2) is 0 Å². The number of rotatable bonds is 5. The Morgan fingerprint density at radius 2 is 1.27 bits per heavy atom. The highest BCUT2D eigenvalue weighted by Gasteiger charge is 2.17. The van der Waals surface area contributed by atoms with Gasteiger partial charge in [-0.25, -0.2) is 4.79 Å². The molecule has 1 heterocycles. The van der Waals surface area contributed by atoms with Gasteiger partial charge in [-0.1, -0.05) is 30.3 Å². The molecule has 152 valence electrons. The Bertz CT molecular complexity index is 1010. The molecule has 3 aromatic carbocycles. The zero-order valence-corrected chi connectivity index (χ0v) is 16.6. The van der Waals surface area contributed by atoms with Crippen LogP contribution in [0, 0.1) is 0 Å². The zero-order valence-electron chi connectivity index (χ0n) is 16.6. The van der Waals surface area contributed by atoms with Gasteiger partial charge in [-0.15, -0.1) is 0 Å². The summed E-state index contributed by atoms with van der Waals surface area (Å²) in [6.45, 7) is 2.02. The van der Waals surface area contributed by atoms with Crippen LogP contribution < -0.4 is 20.9 Å². The lowest BCUT2D eigenvalue weighted by Gasteiger charge is -2.21. The van der Waals surface area contributed by atoms with Crippen molar-refractivity contribution in [3.05, 3.63) is 84.4 Å². The van der Waals surface area contributed by atoms with Gasteiger partial charge < -0.3 is 20.9 Å². The fourth-order valence-electron chi connectivity index (χ4n) is 3.53. The number of nitrogens with one attached hydrogen (secondary N) is 3. The van der Waals surface area contributed by atoms with E-state index < -0.39 is 0 Å². The van der Waals surface area contributed by atoms with E-state index in [0.29, 0.717) is 16.9 Å². The molecule has 0 spiro atoms. The molecule has 1 aliphatic rings. The molecule has 0 atom stereocenters. The van der Waals surface area contributed by atoms with Crippen molar-refractivity contribution in [3.8, 4) is 0 Å². The third kappa shape index (κ3) is 4.78. The first kappa shape index (κ1) is 19.5. The van der Waals surface area contributed by atoms with E-state index in [1.807, 2.05) is 54.6 Å². The van der Waals surface area contributed by atoms with Crippen LogP contribution in [-0.2, 0) is 0 Å². The lowest BCUT2D eigenvalue weighted by atomic mass is 10.1. The van der Waals surface area contributed by atoms with Crippen molar-refractivity contribution >= 4 is 34.7 Å². The lowest BCUT2D eigenvalue weighted by molar-refractivity contribution is 0.102. The number of carbonyl (C=O) groups excluding carboxylic acids is 2. The quantitative estimate of drug-likeness (QED) is 0.552. The van der Waals surface area contributed by atoms with Gasteiger partial charge in [0, 0.05) is 30.0 Å². The highest BCUT2D eigenvalue weighted by Crippen LogP contribution is 2.29. The average Bonchev–Trinajstić information content (AvgIpc) is 3.30. The van der Waals surface area contributed by atoms with Gasteiger partial charge >= 0.3 is 6.03 Å². The van der Waals surface area contributed by atoms with Crippen molar-refractivity contribution in [1.82, 2.24) is 0 Å². The molecule has 0 aromatic heterocycles. The van der Waals surface area contributed by atoms with Crippen LogP contribution in [0.5, 0.6) is 0 Å². The second kappa shape index (κ2) is 9.13. The summed E-state index contributed by atoms with van der Waals surface area (Å²) in [4.78, 5) is 27.1. The number of benzene rings is 3. The van der Waals surface area contributed by atoms with E-state index >= 15 is 0 Å². The van der Waals surface area contributed by atoms with Crippen molar-refractivity contribution in [2.75, 3.05) is 33.9 Å². The van der Waals surface area contributed by atoms with Gasteiger partial charge in [-0.2, -0.15) is 0 Å². The maximum Gasteiger partial charge on any atom is 0.323 e. The van der Waals surface area contributed by atoms with Gasteiger partial charge in [-0.3, -0.25) is 4.79 Å². The van der Waals surface area contributed by atoms with Crippen LogP contribution in [0.25, 0.3) is 0 Å². The summed E-state index contributed by atoms with van der Waals surface area (Å²) in [5, 5.41) is 8.54. The first-order valence-electron chi connectivity index (χ1n) is 10.1. The van der Waals surface area contributed by atoms with Gasteiger partial charge in [0.2, 0.25) is 0 Å². The van der Waals surface area contributed by atoms with Crippen molar-refractivity contribution < 1.29 is 9.59 Å². The summed E-state index contributed by atoms with van der Waals surface area (Å²) in [5.74, 6) is -0.179. The Morgan fingerprint density at radius 3 is 1.97 bits per heavy atom. The summed E-state index contributed by atoms with van der Waals surface area (Å²) in [6, 6.07) is 23.6. The Balaban J connectivity index is 1.38. The maximum atomic E-state index is 12.7. The molecule has 0 bridgehead atoms. The fraction of sp³-hybridized carbons (Fsp3) is 0.167. The molecule has 1 aliphatic heterocycles. The highest BCUT2D eigenvalue weighted by atomic mass is 16.2. The van der Waals surface area contributed by atoms with Crippen LogP contribution in [0.1, 0.15) is 23.2 Å². The molecule has 1 saturated heterocycles. The third-order valence-corrected chi connectivity index (χ3v) is 5.04. The van der Waals surface area contributed by atoms with Crippen LogP contribution >= 0.6 is 0 Å². The smallest absolute Gasteiger partial charge is 0.323 e. The number of para-hydroxylation sites is 3. The van der Waals surface area contributed by atoms with Crippen molar-refractivity contribution in [3.63, 3.8) is 0 Å². The van der Waals surface area contributed by atoms with E-state index in [4.69, 9.17) is 0 Å². The zero-order chi connectivity index (χ0) is 20.8. The van der Waals surface area contributed by atoms with E-state index in [9.17, 15) is 9.59 Å². The van der Waals surface area contributed by atoms with E-state index in [1.165, 1.54) is 12.8 Å². The Hall–Kier alpha value is -3.80. The normalized spacial score (nSPS) is 13.0. The largest absolute Gasteiger partial charge is 0.370 e. The van der Waals surface area contributed by atoms with Gasteiger partial charge in [0.05, 0.1) is 11.4 Å². The Labute approximate surface area is 175 Å². The number of carbonyl (C=O) groups is 2. The fourth-order valence-corrected chi connectivity index (χ4v) is 3.53. The van der Waals surface area contributed by atoms with Crippen molar-refractivity contribution in [2.24, 2.45) is 0 Å². The topological polar surface area (TPSA) is 73.5 Å². The molecular formula is C24H24N4O2. The molecule has 30 heavy (non-hydrogen) atoms. The summed E-state index contributed by atoms with van der Waals surface area (Å²) in [5.41, 5.74) is 3.72. The van der Waals surface area contributed by atoms with Crippen LogP contribution in [0.15, 0.2) is 78.9 Å². The summed E-state index contributed by atoms with van der Waals surface area (Å²) in [6.07, 6.45) is 2.35. The minimum atomic E-state index is -0.335. The number of hydrogen-bond donors (Lipinski definition) is 3. The molecule has 0 radical (unpaired) electrons. The molecule has 1 fully saturated rings. The third-order valence-electron chi connectivity index (χ3n) is 5.04. The minimum absolute atomic E-state index is 0.179. The van der Waals surface area contributed by atoms with E-state index in [1.54, 1.807) is 24.3 Å². The van der Waals surface area contributed by atoms with Crippen molar-refractivity contribution in [2.45, 2.75) is 12.8 Å². The van der Waals surface area contributed by atoms with Gasteiger partial charge in [0.1, 0.15) is 0 Å². The summed E-state index contributed by atoms with van der Waals surface area (Å²) in [7, 11) is 0. The SMILES string of the molecule is O=C(Nc1ccccc1)Nc1ccc(C(=O)Nc2ccccc2N2CCCC2)cc1. The molecule has 0 unspecified atom stereocenters. The van der Waals surface area contributed by atoms with Crippen molar-refractivity contribution in [1.29, 1.82) is 0 Å². The second-order valence-corrected chi connectivity index (χ2v) is 7.19. The first-order chi connectivity index (χ1) is 14.7. The average molecular weight is 400 g/mol. The predicted molar refractivity (Wildman–Crippen MR) is 121 cm³/mol. The van der Waals surface area contributed by atoms with E-state index in [2.05, 4.69) is 20.9 Å². The number of anilines is 4. The lowest BCUT2D eigenvalue weighted by Crippen LogP contribution is -2.21. The number of nitrogens with zero attached hydrogens (tertiary/aromatic N) is 1. The predicted octanol–water partition coefficient (Wildman–Crippen LogP) is 5.18. The molecule has 0 saturated carbocycles. The number of hydrogen-bond acceptors (Lipinski definition) is 3. The maximum absolute atomic E-state index is 12.7. The molecule has 4 rings (SSSR count). The van der Waals surface area contributed by atoms with E-state index in [0.717, 1.165) is 24.5 Å². The first-order valence-corrected chi connectivity index (χ1v) is 10.1. The van der Waals surface area contributed by atoms with Crippen LogP contribution in [-0.4, -0.2) is 25.0 Å². The number of urea groups is 1. The summed E-state index contributed by atoms with van der Waals surface area (Å²) < 4.78 is 0. The number of amides is 3. The van der Waals surface area contributed by atoms with Crippen LogP contribution in [0.3, 0.4) is 0 Å². The van der Waals surface area contributed by atoms with Gasteiger partial charge in [-0.05, 0) is 61.4 Å². The minimum Gasteiger partial charge on any atom is -0.370 e. The monoisotopic (exact) mass is 400 g/mol.